The quantitative estimate of drug-likeness (QED) is 0.651. The fourth-order valence-corrected chi connectivity index (χ4v) is 3.47. The van der Waals surface area contributed by atoms with Crippen molar-refractivity contribution in [2.75, 3.05) is 18.1 Å². The predicted molar refractivity (Wildman–Crippen MR) is 90.5 cm³/mol. The standard InChI is InChI=1S/C15H24N4O3S/c1-4-7-23(22)14(5-6-20)11(2)19(10-21)9-13-8-17-12(3)18-15(13)16/h8,10,20H,4-7,9H2,1-3H3,(H2,16,17,18)/b14-11-. The molecule has 0 spiro atoms. The molecular weight excluding hydrogens is 316 g/mol. The Balaban J connectivity index is 3.11. The van der Waals surface area contributed by atoms with Gasteiger partial charge in [0.15, 0.2) is 0 Å². The van der Waals surface area contributed by atoms with Gasteiger partial charge in [-0.25, -0.2) is 9.97 Å². The Labute approximate surface area is 139 Å². The number of amides is 1. The van der Waals surface area contributed by atoms with Gasteiger partial charge in [0.05, 0.1) is 17.3 Å². The second kappa shape index (κ2) is 9.36. The lowest BCUT2D eigenvalue weighted by molar-refractivity contribution is -0.116. The molecule has 0 aliphatic carbocycles. The first-order valence-electron chi connectivity index (χ1n) is 7.43. The highest BCUT2D eigenvalue weighted by atomic mass is 32.2. The molecule has 3 N–H and O–H groups in total. The summed E-state index contributed by atoms with van der Waals surface area (Å²) in [5, 5.41) is 9.21. The van der Waals surface area contributed by atoms with Crippen LogP contribution < -0.4 is 5.73 Å². The predicted octanol–water partition coefficient (Wildman–Crippen LogP) is 1.10. The zero-order valence-electron chi connectivity index (χ0n) is 13.8. The summed E-state index contributed by atoms with van der Waals surface area (Å²) in [5.74, 6) is 1.37. The van der Waals surface area contributed by atoms with Crippen LogP contribution in [0.25, 0.3) is 0 Å². The van der Waals surface area contributed by atoms with E-state index in [-0.39, 0.29) is 19.6 Å². The monoisotopic (exact) mass is 340 g/mol. The molecule has 128 valence electrons. The number of hydrogen-bond acceptors (Lipinski definition) is 6. The average molecular weight is 340 g/mol. The maximum absolute atomic E-state index is 12.3. The summed E-state index contributed by atoms with van der Waals surface area (Å²) in [6.45, 7) is 5.46. The molecule has 1 unspecified atom stereocenters. The lowest BCUT2D eigenvalue weighted by Gasteiger charge is -2.22. The van der Waals surface area contributed by atoms with Crippen LogP contribution in [-0.2, 0) is 22.1 Å². The van der Waals surface area contributed by atoms with Crippen molar-refractivity contribution >= 4 is 23.0 Å². The van der Waals surface area contributed by atoms with Crippen LogP contribution in [0.15, 0.2) is 16.8 Å². The molecule has 8 heteroatoms. The molecule has 1 aromatic heterocycles. The molecule has 0 aromatic carbocycles. The smallest absolute Gasteiger partial charge is 0.214 e. The number of hydrogen-bond donors (Lipinski definition) is 2. The highest BCUT2D eigenvalue weighted by Gasteiger charge is 2.17. The van der Waals surface area contributed by atoms with Crippen LogP contribution in [0.1, 0.15) is 38.1 Å². The number of aliphatic hydroxyl groups is 1. The van der Waals surface area contributed by atoms with Crippen LogP contribution in [-0.4, -0.2) is 43.0 Å². The van der Waals surface area contributed by atoms with Crippen molar-refractivity contribution in [1.29, 1.82) is 0 Å². The van der Waals surface area contributed by atoms with Crippen LogP contribution in [0.5, 0.6) is 0 Å². The minimum absolute atomic E-state index is 0.120. The average Bonchev–Trinajstić information content (AvgIpc) is 2.51. The van der Waals surface area contributed by atoms with E-state index < -0.39 is 10.8 Å². The van der Waals surface area contributed by atoms with E-state index in [1.54, 1.807) is 20.0 Å². The van der Waals surface area contributed by atoms with Gasteiger partial charge in [-0.2, -0.15) is 0 Å². The molecule has 0 saturated heterocycles. The van der Waals surface area contributed by atoms with Crippen LogP contribution >= 0.6 is 0 Å². The summed E-state index contributed by atoms with van der Waals surface area (Å²) in [5.41, 5.74) is 7.04. The summed E-state index contributed by atoms with van der Waals surface area (Å²) < 4.78 is 12.3. The lowest BCUT2D eigenvalue weighted by Crippen LogP contribution is -2.23. The molecular formula is C15H24N4O3S. The van der Waals surface area contributed by atoms with E-state index in [0.717, 1.165) is 6.42 Å². The molecule has 1 aromatic rings. The number of nitrogens with zero attached hydrogens (tertiary/aromatic N) is 3. The zero-order chi connectivity index (χ0) is 17.4. The first-order chi connectivity index (χ1) is 10.9. The minimum atomic E-state index is -1.22. The number of rotatable bonds is 9. The minimum Gasteiger partial charge on any atom is -0.396 e. The third-order valence-electron chi connectivity index (χ3n) is 3.32. The summed E-state index contributed by atoms with van der Waals surface area (Å²) in [4.78, 5) is 21.6. The van der Waals surface area contributed by atoms with Crippen molar-refractivity contribution in [2.24, 2.45) is 0 Å². The highest BCUT2D eigenvalue weighted by Crippen LogP contribution is 2.20. The van der Waals surface area contributed by atoms with Crippen molar-refractivity contribution < 1.29 is 14.1 Å². The Bertz CT molecular complexity index is 604. The molecule has 1 rings (SSSR count). The van der Waals surface area contributed by atoms with Gasteiger partial charge in [-0.05, 0) is 20.3 Å². The SMILES string of the molecule is CCCS(=O)/C(CCO)=C(/C)N(C=O)Cc1cnc(C)nc1N. The Morgan fingerprint density at radius 3 is 2.74 bits per heavy atom. The van der Waals surface area contributed by atoms with Gasteiger partial charge in [0, 0.05) is 41.1 Å². The summed E-state index contributed by atoms with van der Waals surface area (Å²) >= 11 is 0. The van der Waals surface area contributed by atoms with Crippen molar-refractivity contribution in [1.82, 2.24) is 14.9 Å². The molecule has 0 radical (unpaired) electrons. The van der Waals surface area contributed by atoms with Crippen molar-refractivity contribution in [3.63, 3.8) is 0 Å². The highest BCUT2D eigenvalue weighted by molar-refractivity contribution is 7.89. The Morgan fingerprint density at radius 2 is 2.22 bits per heavy atom. The number of nitrogen functional groups attached to an aromatic ring is 1. The van der Waals surface area contributed by atoms with Gasteiger partial charge in [0.1, 0.15) is 11.6 Å². The van der Waals surface area contributed by atoms with Gasteiger partial charge >= 0.3 is 0 Å². The third kappa shape index (κ3) is 5.40. The number of carbonyl (C=O) groups is 1. The molecule has 1 atom stereocenters. The number of aliphatic hydroxyl groups excluding tert-OH is 1. The van der Waals surface area contributed by atoms with Crippen LogP contribution in [0.4, 0.5) is 5.82 Å². The lowest BCUT2D eigenvalue weighted by atomic mass is 10.2. The summed E-state index contributed by atoms with van der Waals surface area (Å²) in [6, 6.07) is 0. The van der Waals surface area contributed by atoms with E-state index in [2.05, 4.69) is 9.97 Å². The summed E-state index contributed by atoms with van der Waals surface area (Å²) in [6.07, 6.45) is 3.27. The first-order valence-corrected chi connectivity index (χ1v) is 8.75. The molecule has 0 aliphatic heterocycles. The molecule has 1 heterocycles. The number of carbonyl (C=O) groups excluding carboxylic acids is 1. The van der Waals surface area contributed by atoms with E-state index in [1.807, 2.05) is 6.92 Å². The first kappa shape index (κ1) is 19.2. The summed E-state index contributed by atoms with van der Waals surface area (Å²) in [7, 11) is -1.22. The van der Waals surface area contributed by atoms with Crippen molar-refractivity contribution in [3.8, 4) is 0 Å². The Kier molecular flexibility index (Phi) is 7.84. The van der Waals surface area contributed by atoms with E-state index in [9.17, 15) is 14.1 Å². The number of allylic oxidation sites excluding steroid dienone is 1. The second-order valence-electron chi connectivity index (χ2n) is 5.09. The van der Waals surface area contributed by atoms with Gasteiger partial charge in [0.25, 0.3) is 0 Å². The largest absolute Gasteiger partial charge is 0.396 e. The van der Waals surface area contributed by atoms with E-state index in [4.69, 9.17) is 5.73 Å². The van der Waals surface area contributed by atoms with Crippen LogP contribution in [0.3, 0.4) is 0 Å². The molecule has 0 bridgehead atoms. The van der Waals surface area contributed by atoms with Crippen molar-refractivity contribution in [2.45, 2.75) is 40.2 Å². The molecule has 0 fully saturated rings. The second-order valence-corrected chi connectivity index (χ2v) is 6.68. The van der Waals surface area contributed by atoms with Crippen LogP contribution in [0.2, 0.25) is 0 Å². The molecule has 0 aliphatic rings. The van der Waals surface area contributed by atoms with Gasteiger partial charge in [-0.15, -0.1) is 0 Å². The molecule has 23 heavy (non-hydrogen) atoms. The number of nitrogens with two attached hydrogens (primary N) is 1. The van der Waals surface area contributed by atoms with Gasteiger partial charge in [-0.1, -0.05) is 6.92 Å². The van der Waals surface area contributed by atoms with E-state index >= 15 is 0 Å². The fraction of sp³-hybridized carbons (Fsp3) is 0.533. The molecule has 0 saturated carbocycles. The van der Waals surface area contributed by atoms with E-state index in [0.29, 0.717) is 40.0 Å². The zero-order valence-corrected chi connectivity index (χ0v) is 14.6. The maximum Gasteiger partial charge on any atom is 0.214 e. The van der Waals surface area contributed by atoms with Crippen LogP contribution in [0, 0.1) is 6.92 Å². The normalized spacial score (nSPS) is 13.4. The Morgan fingerprint density at radius 1 is 1.52 bits per heavy atom. The number of aromatic nitrogens is 2. The van der Waals surface area contributed by atoms with Gasteiger partial charge in [-0.3, -0.25) is 9.00 Å². The van der Waals surface area contributed by atoms with Gasteiger partial charge < -0.3 is 15.7 Å². The molecule has 1 amide bonds. The number of anilines is 1. The Hall–Kier alpha value is -1.80. The number of aryl methyl sites for hydroxylation is 1. The van der Waals surface area contributed by atoms with Crippen molar-refractivity contribution in [3.05, 3.63) is 28.2 Å². The van der Waals surface area contributed by atoms with E-state index in [1.165, 1.54) is 4.90 Å². The third-order valence-corrected chi connectivity index (χ3v) is 5.15. The topological polar surface area (TPSA) is 109 Å². The fourth-order valence-electron chi connectivity index (χ4n) is 2.08. The van der Waals surface area contributed by atoms with Gasteiger partial charge in [0.2, 0.25) is 6.41 Å². The molecule has 7 nitrogen and oxygen atoms in total. The maximum atomic E-state index is 12.3.